The maximum atomic E-state index is 6.04. The van der Waals surface area contributed by atoms with E-state index in [0.29, 0.717) is 6.54 Å². The predicted octanol–water partition coefficient (Wildman–Crippen LogP) is 3.78. The van der Waals surface area contributed by atoms with E-state index in [4.69, 9.17) is 5.73 Å². The lowest BCUT2D eigenvalue weighted by atomic mass is 9.91. The van der Waals surface area contributed by atoms with Gasteiger partial charge in [-0.2, -0.15) is 5.10 Å². The summed E-state index contributed by atoms with van der Waals surface area (Å²) in [5.41, 5.74) is 13.0. The zero-order valence-electron chi connectivity index (χ0n) is 13.0. The van der Waals surface area contributed by atoms with E-state index in [9.17, 15) is 0 Å². The molecule has 0 bridgehead atoms. The van der Waals surface area contributed by atoms with Gasteiger partial charge in [-0.05, 0) is 31.0 Å². The van der Waals surface area contributed by atoms with Crippen LogP contribution in [0.2, 0.25) is 0 Å². The summed E-state index contributed by atoms with van der Waals surface area (Å²) in [6, 6.07) is 18.8. The molecule has 0 aliphatic heterocycles. The number of benzene rings is 2. The lowest BCUT2D eigenvalue weighted by Crippen LogP contribution is -2.15. The van der Waals surface area contributed by atoms with Gasteiger partial charge in [0.2, 0.25) is 0 Å². The van der Waals surface area contributed by atoms with Crippen LogP contribution in [0.15, 0.2) is 54.6 Å². The molecule has 3 heteroatoms. The normalized spacial score (nSPS) is 12.3. The zero-order valence-corrected chi connectivity index (χ0v) is 13.0. The lowest BCUT2D eigenvalue weighted by molar-refractivity contribution is 0.773. The van der Waals surface area contributed by atoms with Gasteiger partial charge in [0.15, 0.2) is 0 Å². The number of aryl methyl sites for hydroxylation is 2. The second kappa shape index (κ2) is 6.16. The van der Waals surface area contributed by atoms with Crippen molar-refractivity contribution in [2.75, 3.05) is 6.54 Å². The molecule has 1 unspecified atom stereocenters. The van der Waals surface area contributed by atoms with E-state index in [1.165, 1.54) is 16.7 Å². The first-order valence-electron chi connectivity index (χ1n) is 7.57. The van der Waals surface area contributed by atoms with Gasteiger partial charge in [-0.15, -0.1) is 0 Å². The highest BCUT2D eigenvalue weighted by atomic mass is 15.1. The van der Waals surface area contributed by atoms with Crippen molar-refractivity contribution in [1.82, 2.24) is 10.2 Å². The summed E-state index contributed by atoms with van der Waals surface area (Å²) in [4.78, 5) is 0. The monoisotopic (exact) mass is 291 g/mol. The van der Waals surface area contributed by atoms with Crippen LogP contribution in [-0.4, -0.2) is 16.7 Å². The second-order valence-corrected chi connectivity index (χ2v) is 5.72. The highest BCUT2D eigenvalue weighted by molar-refractivity contribution is 5.59. The van der Waals surface area contributed by atoms with Crippen molar-refractivity contribution in [3.05, 3.63) is 77.0 Å². The number of aromatic nitrogens is 2. The highest BCUT2D eigenvalue weighted by Crippen LogP contribution is 2.28. The number of H-pyrrole nitrogens is 1. The predicted molar refractivity (Wildman–Crippen MR) is 90.8 cm³/mol. The quantitative estimate of drug-likeness (QED) is 0.768. The third-order valence-electron chi connectivity index (χ3n) is 4.08. The number of nitrogens with zero attached hydrogens (tertiary/aromatic N) is 1. The molecule has 0 saturated heterocycles. The number of rotatable bonds is 4. The Morgan fingerprint density at radius 3 is 2.50 bits per heavy atom. The van der Waals surface area contributed by atoms with Gasteiger partial charge < -0.3 is 5.73 Å². The van der Waals surface area contributed by atoms with Crippen LogP contribution in [0, 0.1) is 13.8 Å². The largest absolute Gasteiger partial charge is 0.329 e. The van der Waals surface area contributed by atoms with E-state index >= 15 is 0 Å². The van der Waals surface area contributed by atoms with Crippen molar-refractivity contribution in [1.29, 1.82) is 0 Å². The molecule has 3 aromatic rings. The summed E-state index contributed by atoms with van der Waals surface area (Å²) < 4.78 is 0. The maximum absolute atomic E-state index is 6.04. The Bertz CT molecular complexity index is 759. The molecule has 3 nitrogen and oxygen atoms in total. The zero-order chi connectivity index (χ0) is 15.5. The van der Waals surface area contributed by atoms with Gasteiger partial charge in [-0.25, -0.2) is 0 Å². The van der Waals surface area contributed by atoms with E-state index in [-0.39, 0.29) is 5.92 Å². The summed E-state index contributed by atoms with van der Waals surface area (Å²) in [7, 11) is 0. The summed E-state index contributed by atoms with van der Waals surface area (Å²) >= 11 is 0. The average Bonchev–Trinajstić information content (AvgIpc) is 3.01. The van der Waals surface area contributed by atoms with Gasteiger partial charge in [0.25, 0.3) is 0 Å². The number of aromatic amines is 1. The number of hydrogen-bond acceptors (Lipinski definition) is 2. The van der Waals surface area contributed by atoms with Gasteiger partial charge >= 0.3 is 0 Å². The molecule has 0 aliphatic rings. The van der Waals surface area contributed by atoms with Gasteiger partial charge in [0.05, 0.1) is 5.69 Å². The third-order valence-corrected chi connectivity index (χ3v) is 4.08. The minimum absolute atomic E-state index is 0.144. The van der Waals surface area contributed by atoms with Gasteiger partial charge in [-0.1, -0.05) is 54.1 Å². The Labute approximate surface area is 131 Å². The Morgan fingerprint density at radius 1 is 1.05 bits per heavy atom. The minimum Gasteiger partial charge on any atom is -0.329 e. The van der Waals surface area contributed by atoms with Crippen LogP contribution >= 0.6 is 0 Å². The summed E-state index contributed by atoms with van der Waals surface area (Å²) in [5.74, 6) is 0.144. The maximum Gasteiger partial charge on any atom is 0.0923 e. The Kier molecular flexibility index (Phi) is 4.07. The first-order chi connectivity index (χ1) is 10.7. The summed E-state index contributed by atoms with van der Waals surface area (Å²) in [6.45, 7) is 4.80. The highest BCUT2D eigenvalue weighted by Gasteiger charge is 2.17. The molecule has 2 aromatic carbocycles. The van der Waals surface area contributed by atoms with Crippen molar-refractivity contribution < 1.29 is 0 Å². The van der Waals surface area contributed by atoms with Crippen LogP contribution in [0.4, 0.5) is 0 Å². The summed E-state index contributed by atoms with van der Waals surface area (Å²) in [6.07, 6.45) is 0. The van der Waals surface area contributed by atoms with E-state index in [1.807, 2.05) is 18.2 Å². The van der Waals surface area contributed by atoms with Crippen molar-refractivity contribution in [3.8, 4) is 11.3 Å². The molecule has 3 N–H and O–H groups in total. The van der Waals surface area contributed by atoms with Crippen LogP contribution in [0.3, 0.4) is 0 Å². The molecule has 0 fully saturated rings. The molecule has 1 aromatic heterocycles. The van der Waals surface area contributed by atoms with Crippen molar-refractivity contribution in [3.63, 3.8) is 0 Å². The first-order valence-corrected chi connectivity index (χ1v) is 7.57. The van der Waals surface area contributed by atoms with E-state index in [2.05, 4.69) is 60.4 Å². The summed E-state index contributed by atoms with van der Waals surface area (Å²) in [5, 5.41) is 7.61. The fourth-order valence-electron chi connectivity index (χ4n) is 2.91. The lowest BCUT2D eigenvalue weighted by Gasteiger charge is -2.16. The molecule has 0 radical (unpaired) electrons. The third kappa shape index (κ3) is 2.81. The Hall–Kier alpha value is -2.39. The minimum atomic E-state index is 0.144. The van der Waals surface area contributed by atoms with E-state index in [1.54, 1.807) is 0 Å². The van der Waals surface area contributed by atoms with Crippen LogP contribution in [-0.2, 0) is 0 Å². The molecule has 22 heavy (non-hydrogen) atoms. The topological polar surface area (TPSA) is 54.7 Å². The van der Waals surface area contributed by atoms with Gasteiger partial charge in [0.1, 0.15) is 0 Å². The van der Waals surface area contributed by atoms with Crippen molar-refractivity contribution in [2.45, 2.75) is 19.8 Å². The van der Waals surface area contributed by atoms with Crippen molar-refractivity contribution >= 4 is 0 Å². The standard InChI is InChI=1S/C19H21N3/c1-13-8-9-16(14(2)10-13)17(12-20)19-11-18(21-22-19)15-6-4-3-5-7-15/h3-11,17H,12,20H2,1-2H3,(H,21,22). The first kappa shape index (κ1) is 14.5. The SMILES string of the molecule is Cc1ccc(C(CN)c2cc(-c3ccccc3)n[nH]2)c(C)c1. The van der Waals surface area contributed by atoms with Gasteiger partial charge in [0, 0.05) is 23.7 Å². The molecule has 3 rings (SSSR count). The molecule has 0 spiro atoms. The molecule has 1 heterocycles. The number of nitrogens with one attached hydrogen (secondary N) is 1. The Balaban J connectivity index is 1.96. The van der Waals surface area contributed by atoms with Crippen LogP contribution in [0.25, 0.3) is 11.3 Å². The molecule has 112 valence electrons. The van der Waals surface area contributed by atoms with Gasteiger partial charge in [-0.3, -0.25) is 5.10 Å². The van der Waals surface area contributed by atoms with E-state index < -0.39 is 0 Å². The molecular formula is C19H21N3. The van der Waals surface area contributed by atoms with E-state index in [0.717, 1.165) is 17.0 Å². The molecule has 0 amide bonds. The molecular weight excluding hydrogens is 270 g/mol. The van der Waals surface area contributed by atoms with Crippen LogP contribution < -0.4 is 5.73 Å². The number of hydrogen-bond donors (Lipinski definition) is 2. The fraction of sp³-hybridized carbons (Fsp3) is 0.211. The smallest absolute Gasteiger partial charge is 0.0923 e. The fourth-order valence-corrected chi connectivity index (χ4v) is 2.91. The number of nitrogens with two attached hydrogens (primary N) is 1. The molecule has 1 atom stereocenters. The van der Waals surface area contributed by atoms with Crippen molar-refractivity contribution in [2.24, 2.45) is 5.73 Å². The second-order valence-electron chi connectivity index (χ2n) is 5.72. The molecule has 0 aliphatic carbocycles. The van der Waals surface area contributed by atoms with Crippen LogP contribution in [0.1, 0.15) is 28.3 Å². The molecule has 0 saturated carbocycles. The average molecular weight is 291 g/mol. The Morgan fingerprint density at radius 2 is 1.82 bits per heavy atom. The van der Waals surface area contributed by atoms with Crippen LogP contribution in [0.5, 0.6) is 0 Å².